The van der Waals surface area contributed by atoms with Gasteiger partial charge in [0, 0.05) is 23.5 Å². The third kappa shape index (κ3) is 6.54. The summed E-state index contributed by atoms with van der Waals surface area (Å²) in [4.78, 5) is 13.1. The monoisotopic (exact) mass is 412 g/mol. The molecule has 1 aromatic heterocycles. The summed E-state index contributed by atoms with van der Waals surface area (Å²) >= 11 is 1.52. The van der Waals surface area contributed by atoms with Crippen molar-refractivity contribution < 1.29 is 23.4 Å². The molecule has 0 aliphatic heterocycles. The van der Waals surface area contributed by atoms with Gasteiger partial charge < -0.3 is 20.5 Å². The largest absolute Gasteiger partial charge is 0.444 e. The van der Waals surface area contributed by atoms with E-state index in [4.69, 9.17) is 4.74 Å². The van der Waals surface area contributed by atoms with Crippen molar-refractivity contribution in [3.63, 3.8) is 0 Å². The molecule has 5 nitrogen and oxygen atoms in total. The van der Waals surface area contributed by atoms with Crippen molar-refractivity contribution in [2.75, 3.05) is 6.54 Å². The molecule has 8 heteroatoms. The van der Waals surface area contributed by atoms with Gasteiger partial charge in [-0.1, -0.05) is 36.4 Å². The number of hydrogen-bond acceptors (Lipinski definition) is 5. The summed E-state index contributed by atoms with van der Waals surface area (Å²) in [5, 5.41) is 17.5. The quantitative estimate of drug-likeness (QED) is 0.615. The van der Waals surface area contributed by atoms with Gasteiger partial charge in [0.25, 0.3) is 5.92 Å². The van der Waals surface area contributed by atoms with Gasteiger partial charge >= 0.3 is 6.09 Å². The summed E-state index contributed by atoms with van der Waals surface area (Å²) in [7, 11) is 0. The average Bonchev–Trinajstić information content (AvgIpc) is 3.12. The lowest BCUT2D eigenvalue weighted by Gasteiger charge is -2.32. The summed E-state index contributed by atoms with van der Waals surface area (Å²) < 4.78 is 35.3. The summed E-state index contributed by atoms with van der Waals surface area (Å²) in [6, 6.07) is 9.03. The van der Waals surface area contributed by atoms with Crippen molar-refractivity contribution in [3.8, 4) is 0 Å². The molecule has 0 radical (unpaired) electrons. The van der Waals surface area contributed by atoms with Crippen LogP contribution in [-0.4, -0.2) is 35.5 Å². The first-order valence-electron chi connectivity index (χ1n) is 8.93. The first-order valence-corrected chi connectivity index (χ1v) is 9.81. The van der Waals surface area contributed by atoms with Gasteiger partial charge in [-0.15, -0.1) is 11.3 Å². The zero-order valence-corrected chi connectivity index (χ0v) is 16.9. The van der Waals surface area contributed by atoms with Crippen molar-refractivity contribution >= 4 is 17.4 Å². The van der Waals surface area contributed by atoms with Crippen LogP contribution in [0.4, 0.5) is 13.6 Å². The molecule has 1 heterocycles. The predicted octanol–water partition coefficient (Wildman–Crippen LogP) is 3.88. The number of alkyl carbamates (subject to hydrolysis) is 1. The third-order valence-corrected chi connectivity index (χ3v) is 4.72. The van der Waals surface area contributed by atoms with Crippen molar-refractivity contribution in [1.29, 1.82) is 0 Å². The molecular formula is C20H26F2N2O3S. The number of rotatable bonds is 8. The molecule has 0 aliphatic carbocycles. The van der Waals surface area contributed by atoms with Crippen LogP contribution in [0.25, 0.3) is 0 Å². The van der Waals surface area contributed by atoms with Crippen LogP contribution in [0, 0.1) is 0 Å². The molecule has 28 heavy (non-hydrogen) atoms. The van der Waals surface area contributed by atoms with Crippen molar-refractivity contribution in [1.82, 2.24) is 10.6 Å². The highest BCUT2D eigenvalue weighted by Crippen LogP contribution is 2.33. The van der Waals surface area contributed by atoms with Crippen LogP contribution in [0.1, 0.15) is 31.2 Å². The van der Waals surface area contributed by atoms with Gasteiger partial charge in [-0.25, -0.2) is 4.79 Å². The second kappa shape index (κ2) is 9.45. The lowest BCUT2D eigenvalue weighted by Crippen LogP contribution is -2.56. The number of carbonyl (C=O) groups is 1. The fourth-order valence-corrected chi connectivity index (χ4v) is 3.25. The van der Waals surface area contributed by atoms with Crippen LogP contribution >= 0.6 is 11.3 Å². The van der Waals surface area contributed by atoms with Crippen LogP contribution in [0.2, 0.25) is 0 Å². The van der Waals surface area contributed by atoms with Crippen LogP contribution < -0.4 is 10.6 Å². The molecule has 0 spiro atoms. The van der Waals surface area contributed by atoms with E-state index in [1.165, 1.54) is 35.6 Å². The highest BCUT2D eigenvalue weighted by atomic mass is 32.1. The number of hydrogen-bond donors (Lipinski definition) is 3. The second-order valence-corrected chi connectivity index (χ2v) is 8.42. The first-order chi connectivity index (χ1) is 13.1. The molecule has 0 fully saturated rings. The normalized spacial score (nSPS) is 14.4. The number of nitrogens with one attached hydrogen (secondary N) is 2. The summed E-state index contributed by atoms with van der Waals surface area (Å²) in [6.45, 7) is 5.22. The third-order valence-electron chi connectivity index (χ3n) is 3.84. The molecule has 0 saturated carbocycles. The fraction of sp³-hybridized carbons (Fsp3) is 0.450. The van der Waals surface area contributed by atoms with Crippen LogP contribution in [0.15, 0.2) is 47.8 Å². The number of aliphatic hydroxyl groups is 1. The predicted molar refractivity (Wildman–Crippen MR) is 106 cm³/mol. The Labute approximate surface area is 167 Å². The molecule has 1 aromatic carbocycles. The minimum Gasteiger partial charge on any atom is -0.444 e. The van der Waals surface area contributed by atoms with E-state index in [1.54, 1.807) is 26.8 Å². The smallest absolute Gasteiger partial charge is 0.408 e. The van der Waals surface area contributed by atoms with E-state index in [1.807, 2.05) is 17.5 Å². The van der Waals surface area contributed by atoms with Crippen LogP contribution in [0.5, 0.6) is 0 Å². The second-order valence-electron chi connectivity index (χ2n) is 7.39. The number of ether oxygens (including phenoxy) is 1. The molecule has 0 aliphatic rings. The molecule has 2 aromatic rings. The van der Waals surface area contributed by atoms with E-state index in [2.05, 4.69) is 10.6 Å². The molecule has 2 rings (SSSR count). The number of amides is 1. The SMILES string of the molecule is CC(C)(C)OC(=O)N[C@H]([C@H](O)CNCc1cccs1)C(F)(F)c1ccccc1. The van der Waals surface area contributed by atoms with Gasteiger partial charge in [-0.3, -0.25) is 0 Å². The molecule has 0 saturated heterocycles. The van der Waals surface area contributed by atoms with Gasteiger partial charge in [0.2, 0.25) is 0 Å². The zero-order valence-electron chi connectivity index (χ0n) is 16.1. The lowest BCUT2D eigenvalue weighted by molar-refractivity contribution is -0.0847. The Hall–Kier alpha value is -2.03. The van der Waals surface area contributed by atoms with Gasteiger partial charge in [0.15, 0.2) is 0 Å². The minimum absolute atomic E-state index is 0.124. The maximum atomic E-state index is 15.1. The zero-order chi connectivity index (χ0) is 20.8. The van der Waals surface area contributed by atoms with E-state index < -0.39 is 29.8 Å². The maximum absolute atomic E-state index is 15.1. The Bertz CT molecular complexity index is 734. The number of carbonyl (C=O) groups excluding carboxylic acids is 1. The highest BCUT2D eigenvalue weighted by Gasteiger charge is 2.46. The Balaban J connectivity index is 2.13. The van der Waals surface area contributed by atoms with E-state index in [0.717, 1.165) is 4.88 Å². The number of halogens is 2. The van der Waals surface area contributed by atoms with Crippen LogP contribution in [-0.2, 0) is 17.2 Å². The lowest BCUT2D eigenvalue weighted by atomic mass is 9.96. The van der Waals surface area contributed by atoms with Gasteiger partial charge in [0.1, 0.15) is 11.6 Å². The molecule has 0 unspecified atom stereocenters. The van der Waals surface area contributed by atoms with Crippen molar-refractivity contribution in [3.05, 3.63) is 58.3 Å². The Morgan fingerprint density at radius 1 is 1.18 bits per heavy atom. The number of aliphatic hydroxyl groups excluding tert-OH is 1. The van der Waals surface area contributed by atoms with Crippen molar-refractivity contribution in [2.24, 2.45) is 0 Å². The van der Waals surface area contributed by atoms with Gasteiger partial charge in [-0.2, -0.15) is 8.78 Å². The number of thiophene rings is 1. The summed E-state index contributed by atoms with van der Waals surface area (Å²) in [5.41, 5.74) is -1.15. The summed E-state index contributed by atoms with van der Waals surface area (Å²) in [6.07, 6.45) is -2.55. The molecule has 0 bridgehead atoms. The summed E-state index contributed by atoms with van der Waals surface area (Å²) in [5.74, 6) is -3.50. The Kier molecular flexibility index (Phi) is 7.51. The fourth-order valence-electron chi connectivity index (χ4n) is 2.58. The average molecular weight is 413 g/mol. The first kappa shape index (κ1) is 22.3. The van der Waals surface area contributed by atoms with E-state index >= 15 is 8.78 Å². The molecule has 3 N–H and O–H groups in total. The standard InChI is InChI=1S/C20H26F2N2O3S/c1-19(2,3)27-18(26)24-17(20(21,22)14-8-5-4-6-9-14)16(25)13-23-12-15-10-7-11-28-15/h4-11,16-17,23,25H,12-13H2,1-3H3,(H,24,26)/t16-,17-/m1/s1. The van der Waals surface area contributed by atoms with E-state index in [0.29, 0.717) is 6.54 Å². The Morgan fingerprint density at radius 2 is 1.86 bits per heavy atom. The van der Waals surface area contributed by atoms with Crippen molar-refractivity contribution in [2.45, 2.75) is 51.0 Å². The topological polar surface area (TPSA) is 70.6 Å². The highest BCUT2D eigenvalue weighted by molar-refractivity contribution is 7.09. The molecular weight excluding hydrogens is 386 g/mol. The minimum atomic E-state index is -3.50. The number of benzene rings is 1. The van der Waals surface area contributed by atoms with Gasteiger partial charge in [0.05, 0.1) is 6.10 Å². The number of alkyl halides is 2. The van der Waals surface area contributed by atoms with Crippen LogP contribution in [0.3, 0.4) is 0 Å². The Morgan fingerprint density at radius 3 is 2.43 bits per heavy atom. The molecule has 154 valence electrons. The maximum Gasteiger partial charge on any atom is 0.408 e. The molecule has 1 amide bonds. The van der Waals surface area contributed by atoms with E-state index in [-0.39, 0.29) is 12.1 Å². The van der Waals surface area contributed by atoms with Gasteiger partial charge in [-0.05, 0) is 32.2 Å². The molecule has 2 atom stereocenters. The van der Waals surface area contributed by atoms with E-state index in [9.17, 15) is 9.90 Å².